The largest absolute Gasteiger partial charge is 0.508 e. The number of anilines is 1. The Kier molecular flexibility index (Phi) is 2.05. The summed E-state index contributed by atoms with van der Waals surface area (Å²) in [5.41, 5.74) is 2.97. The third kappa shape index (κ3) is 1.52. The lowest BCUT2D eigenvalue weighted by Gasteiger charge is -1.99. The maximum absolute atomic E-state index is 9.45. The quantitative estimate of drug-likeness (QED) is 0.623. The number of phenols is 1. The molecular formula is C14H12N2O. The highest BCUT2D eigenvalue weighted by molar-refractivity contribution is 6.08. The number of aromatic nitrogens is 1. The molecule has 3 heteroatoms. The minimum atomic E-state index is 0.272. The second kappa shape index (κ2) is 3.56. The van der Waals surface area contributed by atoms with Crippen molar-refractivity contribution in [3.63, 3.8) is 0 Å². The van der Waals surface area contributed by atoms with Crippen LogP contribution in [0.3, 0.4) is 0 Å². The fourth-order valence-corrected chi connectivity index (χ4v) is 2.11. The summed E-state index contributed by atoms with van der Waals surface area (Å²) in [6.45, 7) is 3.64. The molecule has 0 spiro atoms. The van der Waals surface area contributed by atoms with Crippen molar-refractivity contribution in [2.24, 2.45) is 0 Å². The number of phenolic OH excluding ortho intramolecular Hbond substituents is 1. The fourth-order valence-electron chi connectivity index (χ4n) is 2.11. The molecule has 3 nitrogen and oxygen atoms in total. The molecule has 0 atom stereocenters. The lowest BCUT2D eigenvalue weighted by Crippen LogP contribution is -1.84. The van der Waals surface area contributed by atoms with E-state index in [1.807, 2.05) is 18.2 Å². The molecule has 0 saturated carbocycles. The molecule has 17 heavy (non-hydrogen) atoms. The normalized spacial score (nSPS) is 10.8. The lowest BCUT2D eigenvalue weighted by atomic mass is 10.1. The first kappa shape index (κ1) is 9.78. The maximum atomic E-state index is 9.45. The number of nitrogens with one attached hydrogen (secondary N) is 2. The fraction of sp³-hybridized carbons (Fsp3) is 0. The highest BCUT2D eigenvalue weighted by atomic mass is 16.3. The highest BCUT2D eigenvalue weighted by Gasteiger charge is 2.05. The number of hydrogen-bond donors (Lipinski definition) is 3. The van der Waals surface area contributed by atoms with Gasteiger partial charge in [0.25, 0.3) is 0 Å². The van der Waals surface area contributed by atoms with Crippen LogP contribution in [0.1, 0.15) is 0 Å². The summed E-state index contributed by atoms with van der Waals surface area (Å²) in [5.74, 6) is 0.272. The summed E-state index contributed by atoms with van der Waals surface area (Å²) in [6.07, 6.45) is 1.65. The van der Waals surface area contributed by atoms with Gasteiger partial charge in [0.15, 0.2) is 0 Å². The molecule has 3 N–H and O–H groups in total. The van der Waals surface area contributed by atoms with Crippen molar-refractivity contribution in [2.75, 3.05) is 5.32 Å². The van der Waals surface area contributed by atoms with E-state index in [0.717, 1.165) is 27.5 Å². The highest BCUT2D eigenvalue weighted by Crippen LogP contribution is 2.29. The van der Waals surface area contributed by atoms with Crippen LogP contribution in [0.2, 0.25) is 0 Å². The molecule has 0 aliphatic carbocycles. The SMILES string of the molecule is C=CNc1ccc2c(c1)[nH]c1cc(O)ccc12. The van der Waals surface area contributed by atoms with E-state index in [0.29, 0.717) is 0 Å². The molecule has 0 aliphatic heterocycles. The van der Waals surface area contributed by atoms with Gasteiger partial charge in [-0.3, -0.25) is 0 Å². The predicted molar refractivity (Wildman–Crippen MR) is 71.3 cm³/mol. The topological polar surface area (TPSA) is 48.0 Å². The number of benzene rings is 2. The minimum Gasteiger partial charge on any atom is -0.508 e. The summed E-state index contributed by atoms with van der Waals surface area (Å²) in [5, 5.41) is 14.8. The first-order chi connectivity index (χ1) is 8.28. The average molecular weight is 224 g/mol. The van der Waals surface area contributed by atoms with Crippen LogP contribution < -0.4 is 5.32 Å². The molecule has 1 aromatic heterocycles. The van der Waals surface area contributed by atoms with E-state index in [1.54, 1.807) is 18.3 Å². The lowest BCUT2D eigenvalue weighted by molar-refractivity contribution is 0.476. The van der Waals surface area contributed by atoms with Crippen LogP contribution in [0.5, 0.6) is 5.75 Å². The molecule has 0 unspecified atom stereocenters. The van der Waals surface area contributed by atoms with E-state index in [1.165, 1.54) is 0 Å². The zero-order chi connectivity index (χ0) is 11.8. The van der Waals surface area contributed by atoms with Crippen molar-refractivity contribution in [1.82, 2.24) is 4.98 Å². The van der Waals surface area contributed by atoms with Gasteiger partial charge in [-0.15, -0.1) is 0 Å². The van der Waals surface area contributed by atoms with Crippen LogP contribution in [0, 0.1) is 0 Å². The van der Waals surface area contributed by atoms with Crippen molar-refractivity contribution in [3.05, 3.63) is 49.2 Å². The molecule has 0 saturated heterocycles. The van der Waals surface area contributed by atoms with Gasteiger partial charge in [-0.1, -0.05) is 12.6 Å². The first-order valence-electron chi connectivity index (χ1n) is 5.40. The zero-order valence-electron chi connectivity index (χ0n) is 9.20. The second-order valence-electron chi connectivity index (χ2n) is 3.96. The molecule has 0 radical (unpaired) electrons. The van der Waals surface area contributed by atoms with E-state index in [9.17, 15) is 5.11 Å². The predicted octanol–water partition coefficient (Wildman–Crippen LogP) is 3.58. The summed E-state index contributed by atoms with van der Waals surface area (Å²) >= 11 is 0. The van der Waals surface area contributed by atoms with Crippen LogP contribution in [-0.4, -0.2) is 10.1 Å². The number of hydrogen-bond acceptors (Lipinski definition) is 2. The molecule has 2 aromatic carbocycles. The molecular weight excluding hydrogens is 212 g/mol. The van der Waals surface area contributed by atoms with E-state index in [-0.39, 0.29) is 5.75 Å². The molecule has 84 valence electrons. The molecule has 0 bridgehead atoms. The Hall–Kier alpha value is -2.42. The standard InChI is InChI=1S/C14H12N2O/c1-2-15-9-3-5-11-12-6-4-10(17)8-14(12)16-13(11)7-9/h2-8,15-17H,1H2. The van der Waals surface area contributed by atoms with Gasteiger partial charge in [0, 0.05) is 28.0 Å². The molecule has 0 aliphatic rings. The monoisotopic (exact) mass is 224 g/mol. The molecule has 3 rings (SSSR count). The van der Waals surface area contributed by atoms with E-state index >= 15 is 0 Å². The van der Waals surface area contributed by atoms with Gasteiger partial charge in [0.05, 0.1) is 5.52 Å². The van der Waals surface area contributed by atoms with Crippen molar-refractivity contribution >= 4 is 27.5 Å². The molecule has 0 fully saturated rings. The Morgan fingerprint density at radius 3 is 2.53 bits per heavy atom. The van der Waals surface area contributed by atoms with Gasteiger partial charge >= 0.3 is 0 Å². The van der Waals surface area contributed by atoms with Crippen molar-refractivity contribution in [3.8, 4) is 5.75 Å². The van der Waals surface area contributed by atoms with Crippen molar-refractivity contribution in [1.29, 1.82) is 0 Å². The Bertz CT molecular complexity index is 713. The smallest absolute Gasteiger partial charge is 0.117 e. The first-order valence-corrected chi connectivity index (χ1v) is 5.40. The summed E-state index contributed by atoms with van der Waals surface area (Å²) in [4.78, 5) is 3.28. The average Bonchev–Trinajstić information content (AvgIpc) is 2.65. The number of H-pyrrole nitrogens is 1. The Labute approximate surface area is 98.4 Å². The van der Waals surface area contributed by atoms with Crippen LogP contribution >= 0.6 is 0 Å². The number of aromatic amines is 1. The Balaban J connectivity index is 2.31. The van der Waals surface area contributed by atoms with Crippen LogP contribution in [0.4, 0.5) is 5.69 Å². The van der Waals surface area contributed by atoms with Crippen LogP contribution in [0.15, 0.2) is 49.2 Å². The van der Waals surface area contributed by atoms with Gasteiger partial charge in [-0.25, -0.2) is 0 Å². The third-order valence-electron chi connectivity index (χ3n) is 2.85. The maximum Gasteiger partial charge on any atom is 0.117 e. The van der Waals surface area contributed by atoms with Crippen LogP contribution in [0.25, 0.3) is 21.8 Å². The molecule has 1 heterocycles. The van der Waals surface area contributed by atoms with Gasteiger partial charge in [0.1, 0.15) is 5.75 Å². The second-order valence-corrected chi connectivity index (χ2v) is 3.96. The van der Waals surface area contributed by atoms with Crippen molar-refractivity contribution < 1.29 is 5.11 Å². The molecule has 3 aromatic rings. The van der Waals surface area contributed by atoms with E-state index in [4.69, 9.17) is 0 Å². The third-order valence-corrected chi connectivity index (χ3v) is 2.85. The Morgan fingerprint density at radius 1 is 1.06 bits per heavy atom. The van der Waals surface area contributed by atoms with E-state index < -0.39 is 0 Å². The Morgan fingerprint density at radius 2 is 1.76 bits per heavy atom. The van der Waals surface area contributed by atoms with E-state index in [2.05, 4.69) is 22.9 Å². The number of aromatic hydroxyl groups is 1. The zero-order valence-corrected chi connectivity index (χ0v) is 9.20. The number of rotatable bonds is 2. The van der Waals surface area contributed by atoms with Gasteiger partial charge in [0.2, 0.25) is 0 Å². The van der Waals surface area contributed by atoms with Gasteiger partial charge < -0.3 is 15.4 Å². The summed E-state index contributed by atoms with van der Waals surface area (Å²) < 4.78 is 0. The number of fused-ring (bicyclic) bond motifs is 3. The summed E-state index contributed by atoms with van der Waals surface area (Å²) in [6, 6.07) is 11.4. The van der Waals surface area contributed by atoms with Gasteiger partial charge in [-0.2, -0.15) is 0 Å². The molecule has 0 amide bonds. The summed E-state index contributed by atoms with van der Waals surface area (Å²) in [7, 11) is 0. The van der Waals surface area contributed by atoms with Gasteiger partial charge in [-0.05, 0) is 30.5 Å². The minimum absolute atomic E-state index is 0.272. The van der Waals surface area contributed by atoms with Crippen molar-refractivity contribution in [2.45, 2.75) is 0 Å². The van der Waals surface area contributed by atoms with Crippen LogP contribution in [-0.2, 0) is 0 Å².